The topological polar surface area (TPSA) is 46.2 Å². The van der Waals surface area contributed by atoms with Crippen LogP contribution in [0.3, 0.4) is 0 Å². The summed E-state index contributed by atoms with van der Waals surface area (Å²) >= 11 is 0. The molecule has 0 fully saturated rings. The summed E-state index contributed by atoms with van der Waals surface area (Å²) in [6, 6.07) is 25.9. The zero-order valence-electron chi connectivity index (χ0n) is 26.8. The molecule has 5 nitrogen and oxygen atoms in total. The number of aryl methyl sites for hydroxylation is 4. The number of rotatable bonds is 14. The molecule has 4 aromatic carbocycles. The number of hydrogen-bond acceptors (Lipinski definition) is 5. The normalized spacial score (nSPS) is 11.2. The number of ether oxygens (including phenoxy) is 4. The molecule has 0 N–H and O–H groups in total. The zero-order valence-corrected chi connectivity index (χ0v) is 28.8. The van der Waals surface area contributed by atoms with Crippen LogP contribution in [0.2, 0.25) is 0 Å². The summed E-state index contributed by atoms with van der Waals surface area (Å²) in [6.07, 6.45) is 0. The average molecular weight is 613 g/mol. The van der Waals surface area contributed by atoms with Crippen molar-refractivity contribution in [3.05, 3.63) is 95.1 Å². The predicted molar refractivity (Wildman–Crippen MR) is 181 cm³/mol. The monoisotopic (exact) mass is 612 g/mol. The Bertz CT molecular complexity index is 1300. The summed E-state index contributed by atoms with van der Waals surface area (Å²) in [5, 5.41) is 4.51. The third-order valence-electron chi connectivity index (χ3n) is 7.20. The first kappa shape index (κ1) is 32.4. The van der Waals surface area contributed by atoms with E-state index in [4.69, 9.17) is 23.1 Å². The highest BCUT2D eigenvalue weighted by molar-refractivity contribution is 6.91. The number of hydrogen-bond donors (Lipinski definition) is 0. The van der Waals surface area contributed by atoms with Crippen molar-refractivity contribution in [3.63, 3.8) is 0 Å². The molecule has 0 amide bonds. The van der Waals surface area contributed by atoms with Crippen LogP contribution >= 0.6 is 0 Å². The van der Waals surface area contributed by atoms with E-state index >= 15 is 0 Å². The van der Waals surface area contributed by atoms with E-state index in [2.05, 4.69) is 100 Å². The van der Waals surface area contributed by atoms with Gasteiger partial charge in [-0.05, 0) is 123 Å². The third-order valence-corrected chi connectivity index (χ3v) is 12.2. The maximum Gasteiger partial charge on any atom is 0.272 e. The van der Waals surface area contributed by atoms with Crippen LogP contribution in [0.5, 0.6) is 23.0 Å². The quantitative estimate of drug-likeness (QED) is 0.178. The molecule has 0 unspecified atom stereocenters. The Hall–Kier alpha value is -3.53. The lowest BCUT2D eigenvalue weighted by Gasteiger charge is -2.26. The van der Waals surface area contributed by atoms with Crippen LogP contribution in [0.1, 0.15) is 49.9 Å². The van der Waals surface area contributed by atoms with E-state index in [0.717, 1.165) is 66.0 Å². The molecule has 0 saturated heterocycles. The van der Waals surface area contributed by atoms with Crippen LogP contribution in [0.25, 0.3) is 0 Å². The van der Waals surface area contributed by atoms with Gasteiger partial charge in [0.25, 0.3) is 18.1 Å². The molecule has 0 aliphatic carbocycles. The fourth-order valence-electron chi connectivity index (χ4n) is 4.88. The Balaban J connectivity index is 1.92. The summed E-state index contributed by atoms with van der Waals surface area (Å²) in [5.74, 6) is 3.56. The molecule has 0 aliphatic rings. The van der Waals surface area contributed by atoms with Gasteiger partial charge in [-0.25, -0.2) is 0 Å². The van der Waals surface area contributed by atoms with Crippen molar-refractivity contribution in [2.45, 2.75) is 55.4 Å². The van der Waals surface area contributed by atoms with Gasteiger partial charge in [0.1, 0.15) is 23.0 Å². The first-order valence-corrected chi connectivity index (χ1v) is 18.0. The fraction of sp³-hybridized carbons (Fsp3) is 0.333. The minimum Gasteiger partial charge on any atom is -0.494 e. The van der Waals surface area contributed by atoms with Gasteiger partial charge in [0.2, 0.25) is 0 Å². The van der Waals surface area contributed by atoms with Crippen LogP contribution < -0.4 is 39.7 Å². The SMILES string of the molecule is CCOc1cc([Si](O[Si](c2ccc(C)c(OCC)c2)c2ccc(C)c(OCC)c2)c2ccc(C)c(OCC)c2)ccc1C. The molecule has 0 bridgehead atoms. The first-order chi connectivity index (χ1) is 20.8. The van der Waals surface area contributed by atoms with E-state index in [1.165, 1.54) is 0 Å². The smallest absolute Gasteiger partial charge is 0.272 e. The lowest BCUT2D eigenvalue weighted by atomic mass is 10.2. The van der Waals surface area contributed by atoms with Gasteiger partial charge in [-0.15, -0.1) is 0 Å². The Morgan fingerprint density at radius 1 is 0.395 bits per heavy atom. The maximum atomic E-state index is 7.47. The third kappa shape index (κ3) is 7.90. The van der Waals surface area contributed by atoms with Crippen LogP contribution in [0.15, 0.2) is 72.8 Å². The fourth-order valence-corrected chi connectivity index (χ4v) is 10.2. The molecule has 0 spiro atoms. The van der Waals surface area contributed by atoms with Gasteiger partial charge in [-0.2, -0.15) is 0 Å². The van der Waals surface area contributed by atoms with E-state index in [1.807, 2.05) is 27.7 Å². The van der Waals surface area contributed by atoms with Gasteiger partial charge in [0, 0.05) is 0 Å². The largest absolute Gasteiger partial charge is 0.494 e. The van der Waals surface area contributed by atoms with Crippen molar-refractivity contribution in [3.8, 4) is 23.0 Å². The van der Waals surface area contributed by atoms with Crippen LogP contribution in [-0.2, 0) is 4.12 Å². The lowest BCUT2D eigenvalue weighted by Crippen LogP contribution is -2.56. The summed E-state index contributed by atoms with van der Waals surface area (Å²) in [6.45, 7) is 18.8. The average Bonchev–Trinajstić information content (AvgIpc) is 2.99. The minimum absolute atomic E-state index is 0.606. The van der Waals surface area contributed by atoms with Crippen molar-refractivity contribution >= 4 is 38.8 Å². The molecule has 0 saturated carbocycles. The van der Waals surface area contributed by atoms with Gasteiger partial charge in [0.05, 0.1) is 26.4 Å². The Labute approximate surface area is 261 Å². The van der Waals surface area contributed by atoms with Gasteiger partial charge in [-0.1, -0.05) is 48.5 Å². The summed E-state index contributed by atoms with van der Waals surface area (Å²) in [4.78, 5) is 0. The molecule has 0 atom stereocenters. The Kier molecular flexibility index (Phi) is 11.5. The van der Waals surface area contributed by atoms with Crippen LogP contribution in [0.4, 0.5) is 0 Å². The highest BCUT2D eigenvalue weighted by atomic mass is 28.4. The molecule has 4 rings (SSSR count). The Morgan fingerprint density at radius 3 is 0.837 bits per heavy atom. The van der Waals surface area contributed by atoms with Gasteiger partial charge >= 0.3 is 0 Å². The molecule has 7 heteroatoms. The maximum absolute atomic E-state index is 7.47. The van der Waals surface area contributed by atoms with Crippen molar-refractivity contribution in [2.75, 3.05) is 26.4 Å². The summed E-state index contributed by atoms with van der Waals surface area (Å²) < 4.78 is 31.6. The van der Waals surface area contributed by atoms with E-state index < -0.39 is 18.1 Å². The Morgan fingerprint density at radius 2 is 0.628 bits per heavy atom. The van der Waals surface area contributed by atoms with Crippen LogP contribution in [0, 0.1) is 27.7 Å². The first-order valence-electron chi connectivity index (χ1n) is 15.2. The molecule has 43 heavy (non-hydrogen) atoms. The van der Waals surface area contributed by atoms with Gasteiger partial charge < -0.3 is 23.1 Å². The molecule has 0 heterocycles. The van der Waals surface area contributed by atoms with E-state index in [0.29, 0.717) is 26.4 Å². The standard InChI is InChI=1S/C36H44O5Si2/c1-9-37-33-21-29(17-13-25(33)5)42(30-18-14-26(6)34(22-30)38-10-2)41-43(31-19-15-27(7)35(23-31)39-11-3)32-20-16-28(8)36(24-32)40-12-4/h13-24H,9-12H2,1-8H3. The van der Waals surface area contributed by atoms with E-state index in [9.17, 15) is 0 Å². The molecule has 4 aromatic rings. The van der Waals surface area contributed by atoms with Crippen molar-refractivity contribution in [1.82, 2.24) is 0 Å². The summed E-state index contributed by atoms with van der Waals surface area (Å²) in [5.41, 5.74) is 4.43. The molecular weight excluding hydrogens is 569 g/mol. The molecule has 0 aliphatic heterocycles. The van der Waals surface area contributed by atoms with Crippen LogP contribution in [-0.4, -0.2) is 44.5 Å². The van der Waals surface area contributed by atoms with Crippen molar-refractivity contribution < 1.29 is 23.1 Å². The highest BCUT2D eigenvalue weighted by Crippen LogP contribution is 2.21. The second kappa shape index (κ2) is 15.3. The molecule has 226 valence electrons. The summed E-state index contributed by atoms with van der Waals surface area (Å²) in [7, 11) is -3.54. The van der Waals surface area contributed by atoms with Crippen molar-refractivity contribution in [1.29, 1.82) is 0 Å². The van der Waals surface area contributed by atoms with E-state index in [1.54, 1.807) is 0 Å². The lowest BCUT2D eigenvalue weighted by molar-refractivity contribution is 0.338. The second-order valence-corrected chi connectivity index (χ2v) is 14.9. The predicted octanol–water partition coefficient (Wildman–Crippen LogP) is 5.44. The molecule has 2 radical (unpaired) electrons. The second-order valence-electron chi connectivity index (χ2n) is 10.4. The molecule has 0 aromatic heterocycles. The molecular formula is C36H44O5Si2. The van der Waals surface area contributed by atoms with Gasteiger partial charge in [-0.3, -0.25) is 0 Å². The highest BCUT2D eigenvalue weighted by Gasteiger charge is 2.30. The minimum atomic E-state index is -1.77. The van der Waals surface area contributed by atoms with E-state index in [-0.39, 0.29) is 0 Å². The van der Waals surface area contributed by atoms with Crippen molar-refractivity contribution in [2.24, 2.45) is 0 Å². The zero-order chi connectivity index (χ0) is 30.9. The number of benzene rings is 4. The van der Waals surface area contributed by atoms with Gasteiger partial charge in [0.15, 0.2) is 0 Å².